The van der Waals surface area contributed by atoms with Crippen molar-refractivity contribution in [2.75, 3.05) is 11.9 Å². The zero-order valence-corrected chi connectivity index (χ0v) is 12.5. The van der Waals surface area contributed by atoms with Crippen LogP contribution in [0.25, 0.3) is 0 Å². The summed E-state index contributed by atoms with van der Waals surface area (Å²) in [6, 6.07) is 14.2. The molecule has 2 aromatic rings. The molecule has 100 valence electrons. The van der Waals surface area contributed by atoms with Gasteiger partial charge in [0, 0.05) is 11.2 Å². The summed E-state index contributed by atoms with van der Waals surface area (Å²) < 4.78 is 18.6. The van der Waals surface area contributed by atoms with Crippen molar-refractivity contribution < 1.29 is 9.13 Å². The summed E-state index contributed by atoms with van der Waals surface area (Å²) in [5.74, 6) is 0.365. The molecule has 0 saturated carbocycles. The van der Waals surface area contributed by atoms with Gasteiger partial charge >= 0.3 is 0 Å². The number of benzene rings is 2. The van der Waals surface area contributed by atoms with Gasteiger partial charge in [-0.2, -0.15) is 0 Å². The lowest BCUT2D eigenvalue weighted by Crippen LogP contribution is -2.11. The van der Waals surface area contributed by atoms with E-state index in [4.69, 9.17) is 16.3 Å². The van der Waals surface area contributed by atoms with Crippen molar-refractivity contribution >= 4 is 27.5 Å². The van der Waals surface area contributed by atoms with Crippen LogP contribution in [0.15, 0.2) is 48.5 Å². The Hall–Kier alpha value is -1.06. The van der Waals surface area contributed by atoms with Gasteiger partial charge in [-0.05, 0) is 23.8 Å². The van der Waals surface area contributed by atoms with Crippen LogP contribution in [0.4, 0.5) is 4.39 Å². The summed E-state index contributed by atoms with van der Waals surface area (Å²) in [6.45, 7) is 0.487. The van der Waals surface area contributed by atoms with E-state index in [1.165, 1.54) is 17.7 Å². The Bertz CT molecular complexity index is 533. The lowest BCUT2D eigenvalue weighted by molar-refractivity contribution is 0.298. The minimum Gasteiger partial charge on any atom is -0.491 e. The van der Waals surface area contributed by atoms with Gasteiger partial charge in [0.05, 0.1) is 11.6 Å². The average molecular weight is 344 g/mol. The third-order valence-electron chi connectivity index (χ3n) is 2.79. The summed E-state index contributed by atoms with van der Waals surface area (Å²) in [5.41, 5.74) is 1.19. The highest BCUT2D eigenvalue weighted by atomic mass is 79.9. The highest BCUT2D eigenvalue weighted by molar-refractivity contribution is 9.09. The van der Waals surface area contributed by atoms with Gasteiger partial charge in [-0.15, -0.1) is 0 Å². The highest BCUT2D eigenvalue weighted by Gasteiger charge is 2.12. The smallest absolute Gasteiger partial charge is 0.138 e. The van der Waals surface area contributed by atoms with Gasteiger partial charge in [0.1, 0.15) is 11.6 Å². The second-order valence-electron chi connectivity index (χ2n) is 4.15. The summed E-state index contributed by atoms with van der Waals surface area (Å²) >= 11 is 9.41. The largest absolute Gasteiger partial charge is 0.491 e. The molecule has 19 heavy (non-hydrogen) atoms. The molecule has 1 unspecified atom stereocenters. The minimum absolute atomic E-state index is 0.224. The quantitative estimate of drug-likeness (QED) is 0.691. The fourth-order valence-electron chi connectivity index (χ4n) is 1.74. The van der Waals surface area contributed by atoms with Crippen LogP contribution >= 0.6 is 27.5 Å². The maximum atomic E-state index is 12.9. The minimum atomic E-state index is -0.363. The molecule has 0 aliphatic heterocycles. The number of rotatable bonds is 5. The SMILES string of the molecule is Fc1ccc(OCC(CBr)c2ccccc2)c(Cl)c1. The van der Waals surface area contributed by atoms with Gasteiger partial charge in [-0.25, -0.2) is 4.39 Å². The van der Waals surface area contributed by atoms with E-state index in [9.17, 15) is 4.39 Å². The molecular formula is C15H13BrClFO. The van der Waals surface area contributed by atoms with Crippen LogP contribution < -0.4 is 4.74 Å². The Balaban J connectivity index is 2.04. The molecule has 0 bridgehead atoms. The molecule has 0 fully saturated rings. The van der Waals surface area contributed by atoms with Crippen LogP contribution in [0.5, 0.6) is 5.75 Å². The zero-order chi connectivity index (χ0) is 13.7. The third kappa shape index (κ3) is 3.95. The molecule has 0 heterocycles. The fraction of sp³-hybridized carbons (Fsp3) is 0.200. The molecule has 0 saturated heterocycles. The van der Waals surface area contributed by atoms with Crippen LogP contribution in [-0.2, 0) is 0 Å². The van der Waals surface area contributed by atoms with E-state index in [1.54, 1.807) is 6.07 Å². The Kier molecular flexibility index (Phi) is 5.23. The van der Waals surface area contributed by atoms with E-state index in [1.807, 2.05) is 18.2 Å². The molecule has 0 radical (unpaired) electrons. The van der Waals surface area contributed by atoms with E-state index < -0.39 is 0 Å². The molecule has 0 aromatic heterocycles. The van der Waals surface area contributed by atoms with Crippen molar-refractivity contribution in [3.63, 3.8) is 0 Å². The summed E-state index contributed by atoms with van der Waals surface area (Å²) in [7, 11) is 0. The van der Waals surface area contributed by atoms with Crippen LogP contribution in [0.1, 0.15) is 11.5 Å². The van der Waals surface area contributed by atoms with Gasteiger partial charge < -0.3 is 4.74 Å². The van der Waals surface area contributed by atoms with Crippen molar-refractivity contribution in [1.29, 1.82) is 0 Å². The van der Waals surface area contributed by atoms with Crippen molar-refractivity contribution in [3.8, 4) is 5.75 Å². The number of halogens is 3. The maximum absolute atomic E-state index is 12.9. The van der Waals surface area contributed by atoms with Gasteiger partial charge in [-0.1, -0.05) is 57.9 Å². The molecule has 4 heteroatoms. The van der Waals surface area contributed by atoms with Crippen LogP contribution in [0.2, 0.25) is 5.02 Å². The lowest BCUT2D eigenvalue weighted by Gasteiger charge is -2.16. The molecule has 0 spiro atoms. The molecule has 0 amide bonds. The van der Waals surface area contributed by atoms with Gasteiger partial charge in [-0.3, -0.25) is 0 Å². The summed E-state index contributed by atoms with van der Waals surface area (Å²) in [6.07, 6.45) is 0. The average Bonchev–Trinajstić information content (AvgIpc) is 2.43. The fourth-order valence-corrected chi connectivity index (χ4v) is 2.52. The standard InChI is InChI=1S/C15H13BrClFO/c16-9-12(11-4-2-1-3-5-11)10-19-15-7-6-13(18)8-14(15)17/h1-8,12H,9-10H2. The first-order valence-electron chi connectivity index (χ1n) is 5.89. The van der Waals surface area contributed by atoms with Crippen LogP contribution in [0, 0.1) is 5.82 Å². The van der Waals surface area contributed by atoms with Crippen LogP contribution in [0.3, 0.4) is 0 Å². The lowest BCUT2D eigenvalue weighted by atomic mass is 10.0. The van der Waals surface area contributed by atoms with E-state index in [0.717, 1.165) is 5.33 Å². The number of ether oxygens (including phenoxy) is 1. The summed E-state index contributed by atoms with van der Waals surface area (Å²) in [5, 5.41) is 1.08. The second kappa shape index (κ2) is 6.92. The summed E-state index contributed by atoms with van der Waals surface area (Å²) in [4.78, 5) is 0. The molecule has 2 aromatic carbocycles. The predicted molar refractivity (Wildman–Crippen MR) is 79.9 cm³/mol. The maximum Gasteiger partial charge on any atom is 0.138 e. The molecule has 0 aliphatic rings. The van der Waals surface area contributed by atoms with Gasteiger partial charge in [0.15, 0.2) is 0 Å². The Morgan fingerprint density at radius 1 is 1.16 bits per heavy atom. The molecule has 1 nitrogen and oxygen atoms in total. The number of hydrogen-bond donors (Lipinski definition) is 0. The zero-order valence-electron chi connectivity index (χ0n) is 10.2. The third-order valence-corrected chi connectivity index (χ3v) is 3.87. The topological polar surface area (TPSA) is 9.23 Å². The first kappa shape index (κ1) is 14.4. The highest BCUT2D eigenvalue weighted by Crippen LogP contribution is 2.27. The van der Waals surface area contributed by atoms with E-state index in [-0.39, 0.29) is 11.7 Å². The number of alkyl halides is 1. The van der Waals surface area contributed by atoms with Crippen molar-refractivity contribution in [3.05, 3.63) is 64.9 Å². The first-order valence-corrected chi connectivity index (χ1v) is 7.39. The van der Waals surface area contributed by atoms with Crippen molar-refractivity contribution in [2.24, 2.45) is 0 Å². The van der Waals surface area contributed by atoms with E-state index in [2.05, 4.69) is 28.1 Å². The molecule has 2 rings (SSSR count). The molecule has 0 N–H and O–H groups in total. The Morgan fingerprint density at radius 2 is 1.89 bits per heavy atom. The molecule has 0 aliphatic carbocycles. The monoisotopic (exact) mass is 342 g/mol. The van der Waals surface area contributed by atoms with Crippen molar-refractivity contribution in [1.82, 2.24) is 0 Å². The van der Waals surface area contributed by atoms with Crippen LogP contribution in [-0.4, -0.2) is 11.9 Å². The normalized spacial score (nSPS) is 12.2. The second-order valence-corrected chi connectivity index (χ2v) is 5.20. The molecular weight excluding hydrogens is 331 g/mol. The Labute approximate surface area is 125 Å². The first-order chi connectivity index (χ1) is 9.20. The van der Waals surface area contributed by atoms with E-state index >= 15 is 0 Å². The van der Waals surface area contributed by atoms with Crippen molar-refractivity contribution in [2.45, 2.75) is 5.92 Å². The van der Waals surface area contributed by atoms with E-state index in [0.29, 0.717) is 17.4 Å². The van der Waals surface area contributed by atoms with Gasteiger partial charge in [0.2, 0.25) is 0 Å². The predicted octanol–water partition coefficient (Wildman–Crippen LogP) is 5.04. The molecule has 1 atom stereocenters. The number of hydrogen-bond acceptors (Lipinski definition) is 1. The van der Waals surface area contributed by atoms with Gasteiger partial charge in [0.25, 0.3) is 0 Å². The Morgan fingerprint density at radius 3 is 2.53 bits per heavy atom.